The highest BCUT2D eigenvalue weighted by atomic mass is 16.5. The highest BCUT2D eigenvalue weighted by Crippen LogP contribution is 2.25. The summed E-state index contributed by atoms with van der Waals surface area (Å²) in [5.74, 6) is -0.635. The van der Waals surface area contributed by atoms with Crippen molar-refractivity contribution in [2.45, 2.75) is 6.92 Å². The summed E-state index contributed by atoms with van der Waals surface area (Å²) in [7, 11) is 0. The maximum absolute atomic E-state index is 11.4. The molecule has 18 heavy (non-hydrogen) atoms. The van der Waals surface area contributed by atoms with E-state index < -0.39 is 0 Å². The lowest BCUT2D eigenvalue weighted by atomic mass is 10.2. The van der Waals surface area contributed by atoms with Crippen LogP contribution in [-0.4, -0.2) is 35.9 Å². The number of rotatable bonds is 6. The van der Waals surface area contributed by atoms with Gasteiger partial charge in [-0.3, -0.25) is 4.79 Å². The molecule has 0 bridgehead atoms. The minimum Gasteiger partial charge on any atom is -0.504 e. The first-order valence-corrected chi connectivity index (χ1v) is 5.69. The van der Waals surface area contributed by atoms with Gasteiger partial charge in [-0.05, 0) is 30.7 Å². The Balaban J connectivity index is 2.43. The second-order valence-corrected chi connectivity index (χ2v) is 3.57. The van der Waals surface area contributed by atoms with Crippen molar-refractivity contribution < 1.29 is 19.7 Å². The first-order chi connectivity index (χ1) is 8.63. The van der Waals surface area contributed by atoms with E-state index >= 15 is 0 Å². The number of hydrogen-bond acceptors (Lipinski definition) is 4. The van der Waals surface area contributed by atoms with Gasteiger partial charge in [-0.25, -0.2) is 0 Å². The Hall–Kier alpha value is -2.01. The molecule has 5 nitrogen and oxygen atoms in total. The van der Waals surface area contributed by atoms with Gasteiger partial charge < -0.3 is 20.3 Å². The van der Waals surface area contributed by atoms with Crippen LogP contribution in [0, 0.1) is 0 Å². The van der Waals surface area contributed by atoms with Crippen molar-refractivity contribution in [1.82, 2.24) is 5.32 Å². The normalized spacial score (nSPS) is 10.7. The van der Waals surface area contributed by atoms with E-state index in [9.17, 15) is 9.90 Å². The molecule has 1 aromatic rings. The summed E-state index contributed by atoms with van der Waals surface area (Å²) in [6, 6.07) is 4.33. The zero-order chi connectivity index (χ0) is 13.4. The Morgan fingerprint density at radius 2 is 2.17 bits per heavy atom. The Morgan fingerprint density at radius 3 is 2.83 bits per heavy atom. The van der Waals surface area contributed by atoms with E-state index in [1.165, 1.54) is 18.2 Å². The molecule has 3 N–H and O–H groups in total. The minimum atomic E-state index is -0.234. The number of phenols is 2. The summed E-state index contributed by atoms with van der Waals surface area (Å²) in [6.45, 7) is 3.45. The predicted octanol–water partition coefficient (Wildman–Crippen LogP) is 1.26. The number of aromatic hydroxyl groups is 2. The summed E-state index contributed by atoms with van der Waals surface area (Å²) in [6.07, 6.45) is 2.91. The molecule has 98 valence electrons. The Bertz CT molecular complexity index is 429. The fraction of sp³-hybridized carbons (Fsp3) is 0.308. The number of phenolic OH excluding ortho intramolecular Hbond substituents is 2. The van der Waals surface area contributed by atoms with Crippen LogP contribution in [0.25, 0.3) is 6.08 Å². The van der Waals surface area contributed by atoms with Crippen molar-refractivity contribution in [2.24, 2.45) is 0 Å². The zero-order valence-electron chi connectivity index (χ0n) is 10.2. The van der Waals surface area contributed by atoms with Gasteiger partial charge in [0, 0.05) is 19.2 Å². The number of carbonyl (C=O) groups excluding carboxylic acids is 1. The number of benzene rings is 1. The number of amides is 1. The second-order valence-electron chi connectivity index (χ2n) is 3.57. The molecule has 0 aliphatic heterocycles. The van der Waals surface area contributed by atoms with Gasteiger partial charge in [0.25, 0.3) is 0 Å². The van der Waals surface area contributed by atoms with Gasteiger partial charge >= 0.3 is 0 Å². The smallest absolute Gasteiger partial charge is 0.244 e. The molecule has 0 saturated carbocycles. The third-order valence-electron chi connectivity index (χ3n) is 2.18. The molecule has 0 aromatic heterocycles. The van der Waals surface area contributed by atoms with Crippen LogP contribution in [0.1, 0.15) is 12.5 Å². The number of hydrogen-bond donors (Lipinski definition) is 3. The molecule has 1 aromatic carbocycles. The van der Waals surface area contributed by atoms with E-state index in [-0.39, 0.29) is 17.4 Å². The molecule has 0 unspecified atom stereocenters. The Labute approximate surface area is 106 Å². The van der Waals surface area contributed by atoms with Crippen LogP contribution < -0.4 is 5.32 Å². The average molecular weight is 251 g/mol. The molecule has 0 aliphatic carbocycles. The van der Waals surface area contributed by atoms with Gasteiger partial charge in [0.05, 0.1) is 6.61 Å². The fourth-order valence-corrected chi connectivity index (χ4v) is 1.27. The van der Waals surface area contributed by atoms with Gasteiger partial charge in [0.2, 0.25) is 5.91 Å². The van der Waals surface area contributed by atoms with Crippen LogP contribution in [0.3, 0.4) is 0 Å². The van der Waals surface area contributed by atoms with Gasteiger partial charge in [-0.1, -0.05) is 6.07 Å². The lowest BCUT2D eigenvalue weighted by Gasteiger charge is -2.02. The lowest BCUT2D eigenvalue weighted by molar-refractivity contribution is -0.116. The predicted molar refractivity (Wildman–Crippen MR) is 68.3 cm³/mol. The molecule has 0 saturated heterocycles. The topological polar surface area (TPSA) is 78.8 Å². The molecular formula is C13H17NO4. The van der Waals surface area contributed by atoms with Crippen LogP contribution in [0.5, 0.6) is 11.5 Å². The standard InChI is InChI=1S/C13H17NO4/c1-2-18-8-7-14-13(17)6-4-10-3-5-11(15)12(16)9-10/h3-6,9,15-16H,2,7-8H2,1H3,(H,14,17)/b6-4+. The van der Waals surface area contributed by atoms with Gasteiger partial charge in [-0.15, -0.1) is 0 Å². The molecule has 5 heteroatoms. The lowest BCUT2D eigenvalue weighted by Crippen LogP contribution is -2.25. The van der Waals surface area contributed by atoms with Crippen molar-refractivity contribution >= 4 is 12.0 Å². The minimum absolute atomic E-state index is 0.187. The summed E-state index contributed by atoms with van der Waals surface area (Å²) in [5.41, 5.74) is 0.630. The number of nitrogens with one attached hydrogen (secondary N) is 1. The Kier molecular flexibility index (Phi) is 5.73. The van der Waals surface area contributed by atoms with Crippen LogP contribution in [-0.2, 0) is 9.53 Å². The largest absolute Gasteiger partial charge is 0.504 e. The van der Waals surface area contributed by atoms with E-state index in [1.807, 2.05) is 6.92 Å². The van der Waals surface area contributed by atoms with Crippen molar-refractivity contribution in [2.75, 3.05) is 19.8 Å². The monoisotopic (exact) mass is 251 g/mol. The zero-order valence-corrected chi connectivity index (χ0v) is 10.2. The molecule has 1 amide bonds. The first kappa shape index (κ1) is 14.1. The number of carbonyl (C=O) groups is 1. The summed E-state index contributed by atoms with van der Waals surface area (Å²) in [5, 5.41) is 21.0. The quantitative estimate of drug-likeness (QED) is 0.404. The highest BCUT2D eigenvalue weighted by Gasteiger charge is 1.99. The van der Waals surface area contributed by atoms with E-state index in [0.29, 0.717) is 25.3 Å². The van der Waals surface area contributed by atoms with Crippen LogP contribution in [0.2, 0.25) is 0 Å². The second kappa shape index (κ2) is 7.34. The summed E-state index contributed by atoms with van der Waals surface area (Å²) >= 11 is 0. The molecule has 1 rings (SSSR count). The van der Waals surface area contributed by atoms with Gasteiger partial charge in [-0.2, -0.15) is 0 Å². The average Bonchev–Trinajstić information content (AvgIpc) is 2.36. The summed E-state index contributed by atoms with van der Waals surface area (Å²) < 4.78 is 5.08. The van der Waals surface area contributed by atoms with E-state index in [4.69, 9.17) is 9.84 Å². The molecule has 0 fully saturated rings. The molecular weight excluding hydrogens is 234 g/mol. The van der Waals surface area contributed by atoms with Crippen molar-refractivity contribution in [1.29, 1.82) is 0 Å². The molecule has 0 aliphatic rings. The van der Waals surface area contributed by atoms with E-state index in [0.717, 1.165) is 0 Å². The SMILES string of the molecule is CCOCCNC(=O)/C=C/c1ccc(O)c(O)c1. The van der Waals surface area contributed by atoms with Crippen LogP contribution in [0.4, 0.5) is 0 Å². The maximum Gasteiger partial charge on any atom is 0.244 e. The summed E-state index contributed by atoms with van der Waals surface area (Å²) in [4.78, 5) is 11.4. The molecule has 0 radical (unpaired) electrons. The molecule has 0 spiro atoms. The molecule has 0 heterocycles. The number of ether oxygens (including phenoxy) is 1. The Morgan fingerprint density at radius 1 is 1.39 bits per heavy atom. The maximum atomic E-state index is 11.4. The third kappa shape index (κ3) is 4.88. The van der Waals surface area contributed by atoms with Crippen LogP contribution >= 0.6 is 0 Å². The van der Waals surface area contributed by atoms with E-state index in [2.05, 4.69) is 5.32 Å². The van der Waals surface area contributed by atoms with E-state index in [1.54, 1.807) is 12.1 Å². The fourth-order valence-electron chi connectivity index (χ4n) is 1.27. The highest BCUT2D eigenvalue weighted by molar-refractivity contribution is 5.91. The van der Waals surface area contributed by atoms with Crippen molar-refractivity contribution in [3.63, 3.8) is 0 Å². The first-order valence-electron chi connectivity index (χ1n) is 5.69. The third-order valence-corrected chi connectivity index (χ3v) is 2.18. The molecule has 0 atom stereocenters. The van der Waals surface area contributed by atoms with Gasteiger partial charge in [0.1, 0.15) is 0 Å². The van der Waals surface area contributed by atoms with Gasteiger partial charge in [0.15, 0.2) is 11.5 Å². The van der Waals surface area contributed by atoms with Crippen molar-refractivity contribution in [3.05, 3.63) is 29.8 Å². The van der Waals surface area contributed by atoms with Crippen molar-refractivity contribution in [3.8, 4) is 11.5 Å². The van der Waals surface area contributed by atoms with Crippen LogP contribution in [0.15, 0.2) is 24.3 Å².